The lowest BCUT2D eigenvalue weighted by atomic mass is 9.77. The molecule has 0 saturated heterocycles. The Bertz CT molecular complexity index is 783. The lowest BCUT2D eigenvalue weighted by molar-refractivity contribution is 0.0940. The van der Waals surface area contributed by atoms with Crippen LogP contribution in [0.1, 0.15) is 48.7 Å². The zero-order valence-corrected chi connectivity index (χ0v) is 15.9. The van der Waals surface area contributed by atoms with E-state index in [1.54, 1.807) is 0 Å². The second-order valence-corrected chi connectivity index (χ2v) is 8.38. The van der Waals surface area contributed by atoms with Gasteiger partial charge in [0.1, 0.15) is 11.6 Å². The van der Waals surface area contributed by atoms with Crippen LogP contribution in [0.3, 0.4) is 0 Å². The van der Waals surface area contributed by atoms with Crippen molar-refractivity contribution in [3.05, 3.63) is 33.7 Å². The van der Waals surface area contributed by atoms with Crippen LogP contribution in [0.15, 0.2) is 12.1 Å². The van der Waals surface area contributed by atoms with E-state index in [0.29, 0.717) is 18.4 Å². The summed E-state index contributed by atoms with van der Waals surface area (Å²) in [5.41, 5.74) is 0. The number of rotatable bonds is 5. The van der Waals surface area contributed by atoms with Gasteiger partial charge in [0.15, 0.2) is 5.78 Å². The summed E-state index contributed by atoms with van der Waals surface area (Å²) in [4.78, 5) is 13.0. The molecule has 0 bridgehead atoms. The fourth-order valence-corrected chi connectivity index (χ4v) is 5.33. The number of nitrogens with one attached hydrogen (secondary N) is 1. The molecule has 1 N–H and O–H groups in total. The minimum absolute atomic E-state index is 0.0252. The summed E-state index contributed by atoms with van der Waals surface area (Å²) in [6.45, 7) is 2.09. The van der Waals surface area contributed by atoms with Crippen LogP contribution in [0.25, 0.3) is 10.1 Å². The van der Waals surface area contributed by atoms with Gasteiger partial charge in [-0.2, -0.15) is 0 Å². The van der Waals surface area contributed by atoms with E-state index in [4.69, 9.17) is 11.6 Å². The lowest BCUT2D eigenvalue weighted by Gasteiger charge is -2.31. The maximum atomic E-state index is 14.0. The van der Waals surface area contributed by atoms with Gasteiger partial charge in [0.05, 0.1) is 20.0 Å². The number of hydrogen-bond donors (Lipinski definition) is 1. The number of ketones is 1. The molecule has 3 rings (SSSR count). The first-order chi connectivity index (χ1) is 11.9. The lowest BCUT2D eigenvalue weighted by Crippen LogP contribution is -2.32. The molecule has 0 spiro atoms. The van der Waals surface area contributed by atoms with E-state index in [1.807, 2.05) is 7.05 Å². The predicted molar refractivity (Wildman–Crippen MR) is 99.7 cm³/mol. The van der Waals surface area contributed by atoms with Crippen molar-refractivity contribution in [1.82, 2.24) is 5.32 Å². The van der Waals surface area contributed by atoms with Crippen molar-refractivity contribution in [2.45, 2.75) is 45.1 Å². The van der Waals surface area contributed by atoms with Crippen molar-refractivity contribution in [3.8, 4) is 0 Å². The van der Waals surface area contributed by atoms with Gasteiger partial charge < -0.3 is 5.32 Å². The smallest absolute Gasteiger partial charge is 0.174 e. The van der Waals surface area contributed by atoms with Crippen LogP contribution in [0.4, 0.5) is 8.78 Å². The summed E-state index contributed by atoms with van der Waals surface area (Å²) in [6, 6.07) is 2.69. The highest BCUT2D eigenvalue weighted by atomic mass is 35.5. The van der Waals surface area contributed by atoms with Crippen molar-refractivity contribution in [1.29, 1.82) is 0 Å². The summed E-state index contributed by atoms with van der Waals surface area (Å²) in [5.74, 6) is -0.499. The van der Waals surface area contributed by atoms with E-state index >= 15 is 0 Å². The molecule has 6 heteroatoms. The number of fused-ring (bicyclic) bond motifs is 1. The molecule has 1 saturated carbocycles. The molecule has 1 heterocycles. The third-order valence-electron chi connectivity index (χ3n) is 5.43. The molecule has 136 valence electrons. The zero-order valence-electron chi connectivity index (χ0n) is 14.4. The molecule has 0 aliphatic heterocycles. The first-order valence-electron chi connectivity index (χ1n) is 8.68. The largest absolute Gasteiger partial charge is 0.317 e. The molecular weight excluding hydrogens is 364 g/mol. The molecule has 25 heavy (non-hydrogen) atoms. The predicted octanol–water partition coefficient (Wildman–Crippen LogP) is 5.82. The number of carbonyl (C=O) groups excluding carboxylic acids is 1. The zero-order chi connectivity index (χ0) is 18.1. The van der Waals surface area contributed by atoms with Crippen LogP contribution in [0.2, 0.25) is 5.02 Å². The topological polar surface area (TPSA) is 29.1 Å². The van der Waals surface area contributed by atoms with Gasteiger partial charge in [0.2, 0.25) is 0 Å². The number of Topliss-reactive ketones (excluding diaryl/α,β-unsaturated/α-hetero) is 1. The number of carbonyl (C=O) groups is 1. The van der Waals surface area contributed by atoms with Crippen LogP contribution in [0.5, 0.6) is 0 Å². The monoisotopic (exact) mass is 385 g/mol. The third kappa shape index (κ3) is 3.74. The first-order valence-corrected chi connectivity index (χ1v) is 9.88. The fourth-order valence-electron chi connectivity index (χ4n) is 3.81. The Morgan fingerprint density at radius 3 is 2.52 bits per heavy atom. The summed E-state index contributed by atoms with van der Waals surface area (Å²) < 4.78 is 28.0. The normalized spacial score (nSPS) is 22.3. The second-order valence-electron chi connectivity index (χ2n) is 6.98. The van der Waals surface area contributed by atoms with E-state index in [9.17, 15) is 13.6 Å². The van der Waals surface area contributed by atoms with Gasteiger partial charge in [-0.05, 0) is 56.7 Å². The second kappa shape index (κ2) is 7.68. The van der Waals surface area contributed by atoms with Gasteiger partial charge in [-0.25, -0.2) is 8.78 Å². The molecule has 1 aliphatic rings. The SMILES string of the molecule is CNC1CCC(C(C)CC(=O)c2sc3c(F)ccc(F)c3c2Cl)CC1. The summed E-state index contributed by atoms with van der Waals surface area (Å²) in [6.07, 6.45) is 4.82. The van der Waals surface area contributed by atoms with Crippen LogP contribution >= 0.6 is 22.9 Å². The summed E-state index contributed by atoms with van der Waals surface area (Å²) in [7, 11) is 1.99. The molecule has 1 aliphatic carbocycles. The van der Waals surface area contributed by atoms with Crippen molar-refractivity contribution in [3.63, 3.8) is 0 Å². The van der Waals surface area contributed by atoms with Crippen LogP contribution in [-0.2, 0) is 0 Å². The maximum absolute atomic E-state index is 14.0. The molecule has 1 aromatic heterocycles. The average molecular weight is 386 g/mol. The van der Waals surface area contributed by atoms with E-state index in [2.05, 4.69) is 12.2 Å². The Morgan fingerprint density at radius 1 is 1.28 bits per heavy atom. The first kappa shape index (κ1) is 18.7. The molecule has 1 aromatic carbocycles. The molecule has 2 nitrogen and oxygen atoms in total. The van der Waals surface area contributed by atoms with Crippen LogP contribution in [0, 0.1) is 23.5 Å². The Morgan fingerprint density at radius 2 is 1.92 bits per heavy atom. The highest BCUT2D eigenvalue weighted by Gasteiger charge is 2.28. The van der Waals surface area contributed by atoms with Crippen molar-refractivity contribution < 1.29 is 13.6 Å². The highest BCUT2D eigenvalue weighted by Crippen LogP contribution is 2.40. The number of thiophene rings is 1. The van der Waals surface area contributed by atoms with E-state index < -0.39 is 11.6 Å². The molecular formula is C19H22ClF2NOS. The number of benzene rings is 1. The molecule has 1 atom stereocenters. The van der Waals surface area contributed by atoms with Gasteiger partial charge >= 0.3 is 0 Å². The van der Waals surface area contributed by atoms with Crippen LogP contribution in [-0.4, -0.2) is 18.9 Å². The van der Waals surface area contributed by atoms with Crippen LogP contribution < -0.4 is 5.32 Å². The highest BCUT2D eigenvalue weighted by molar-refractivity contribution is 7.21. The van der Waals surface area contributed by atoms with Crippen molar-refractivity contribution >= 4 is 38.8 Å². The van der Waals surface area contributed by atoms with Crippen molar-refractivity contribution in [2.24, 2.45) is 11.8 Å². The van der Waals surface area contributed by atoms with Gasteiger partial charge in [-0.3, -0.25) is 4.79 Å². The van der Waals surface area contributed by atoms with E-state index in [-0.39, 0.29) is 31.7 Å². The molecule has 1 unspecified atom stereocenters. The third-order valence-corrected chi connectivity index (χ3v) is 7.16. The summed E-state index contributed by atoms with van der Waals surface area (Å²) >= 11 is 7.17. The minimum Gasteiger partial charge on any atom is -0.317 e. The quantitative estimate of drug-likeness (QED) is 0.657. The Kier molecular flexibility index (Phi) is 5.76. The molecule has 2 aromatic rings. The van der Waals surface area contributed by atoms with E-state index in [0.717, 1.165) is 49.2 Å². The Labute approximate surface area is 155 Å². The Balaban J connectivity index is 1.75. The van der Waals surface area contributed by atoms with Gasteiger partial charge in [-0.15, -0.1) is 11.3 Å². The van der Waals surface area contributed by atoms with Gasteiger partial charge in [-0.1, -0.05) is 18.5 Å². The van der Waals surface area contributed by atoms with E-state index in [1.165, 1.54) is 0 Å². The van der Waals surface area contributed by atoms with Crippen molar-refractivity contribution in [2.75, 3.05) is 7.05 Å². The number of halogens is 3. The standard InChI is InChI=1S/C19H22ClF2NOS/c1-10(11-3-5-12(23-2)6-4-11)9-15(24)19-17(20)16-13(21)7-8-14(22)18(16)25-19/h7-8,10-12,23H,3-6,9H2,1-2H3. The fraction of sp³-hybridized carbons (Fsp3) is 0.526. The van der Waals surface area contributed by atoms with Gasteiger partial charge in [0, 0.05) is 12.5 Å². The maximum Gasteiger partial charge on any atom is 0.174 e. The minimum atomic E-state index is -0.588. The Hall–Kier alpha value is -1.04. The molecule has 1 fully saturated rings. The molecule has 0 radical (unpaired) electrons. The van der Waals surface area contributed by atoms with Gasteiger partial charge in [0.25, 0.3) is 0 Å². The average Bonchev–Trinajstić information content (AvgIpc) is 2.97. The number of hydrogen-bond acceptors (Lipinski definition) is 3. The molecule has 0 amide bonds. The summed E-state index contributed by atoms with van der Waals surface area (Å²) in [5, 5.41) is 3.38.